The van der Waals surface area contributed by atoms with E-state index in [0.717, 1.165) is 17.4 Å². The molecule has 3 aromatic rings. The second kappa shape index (κ2) is 6.58. The van der Waals surface area contributed by atoms with Crippen LogP contribution in [0.2, 0.25) is 0 Å². The number of ether oxygens (including phenoxy) is 1. The van der Waals surface area contributed by atoms with Gasteiger partial charge in [-0.25, -0.2) is 22.5 Å². The van der Waals surface area contributed by atoms with E-state index in [2.05, 4.69) is 9.71 Å². The van der Waals surface area contributed by atoms with Crippen LogP contribution in [0.1, 0.15) is 5.69 Å². The lowest BCUT2D eigenvalue weighted by Crippen LogP contribution is -2.26. The third kappa shape index (κ3) is 3.39. The van der Waals surface area contributed by atoms with E-state index >= 15 is 0 Å². The summed E-state index contributed by atoms with van der Waals surface area (Å²) in [5, 5.41) is 0. The molecule has 0 aliphatic rings. The lowest BCUT2D eigenvalue weighted by Gasteiger charge is -2.07. The number of benzene rings is 1. The van der Waals surface area contributed by atoms with Crippen molar-refractivity contribution in [2.45, 2.75) is 11.3 Å². The van der Waals surface area contributed by atoms with Crippen molar-refractivity contribution in [2.75, 3.05) is 13.7 Å². The predicted molar refractivity (Wildman–Crippen MR) is 87.0 cm³/mol. The van der Waals surface area contributed by atoms with E-state index in [0.29, 0.717) is 6.42 Å². The van der Waals surface area contributed by atoms with Gasteiger partial charge in [-0.1, -0.05) is 6.07 Å². The SMILES string of the molecule is COc1ccc(S(=O)(=O)NCCc2cn3ccccc3n2)cc1F. The zero-order chi connectivity index (χ0) is 17.2. The number of nitrogens with zero attached hydrogens (tertiary/aromatic N) is 2. The minimum absolute atomic E-state index is 0.00125. The van der Waals surface area contributed by atoms with Crippen LogP contribution in [0.3, 0.4) is 0 Å². The molecule has 0 radical (unpaired) electrons. The molecule has 0 saturated carbocycles. The molecule has 24 heavy (non-hydrogen) atoms. The highest BCUT2D eigenvalue weighted by molar-refractivity contribution is 7.89. The van der Waals surface area contributed by atoms with Gasteiger partial charge in [-0.2, -0.15) is 0 Å². The summed E-state index contributed by atoms with van der Waals surface area (Å²) in [5.41, 5.74) is 1.57. The summed E-state index contributed by atoms with van der Waals surface area (Å²) in [4.78, 5) is 4.25. The van der Waals surface area contributed by atoms with Crippen molar-refractivity contribution < 1.29 is 17.5 Å². The first kappa shape index (κ1) is 16.4. The van der Waals surface area contributed by atoms with Crippen LogP contribution in [0.15, 0.2) is 53.7 Å². The van der Waals surface area contributed by atoms with Gasteiger partial charge in [-0.3, -0.25) is 0 Å². The van der Waals surface area contributed by atoms with Crippen molar-refractivity contribution in [1.29, 1.82) is 0 Å². The van der Waals surface area contributed by atoms with E-state index in [1.165, 1.54) is 19.2 Å². The molecule has 1 aromatic carbocycles. The lowest BCUT2D eigenvalue weighted by atomic mass is 10.3. The standard InChI is InChI=1S/C16H16FN3O3S/c1-23-15-6-5-13(10-14(15)17)24(21,22)18-8-7-12-11-20-9-3-2-4-16(20)19-12/h2-6,9-11,18H,7-8H2,1H3. The van der Waals surface area contributed by atoms with Crippen LogP contribution in [0.25, 0.3) is 5.65 Å². The van der Waals surface area contributed by atoms with Crippen LogP contribution >= 0.6 is 0 Å². The van der Waals surface area contributed by atoms with Gasteiger partial charge >= 0.3 is 0 Å². The normalized spacial score (nSPS) is 11.8. The fourth-order valence-electron chi connectivity index (χ4n) is 2.32. The molecule has 0 atom stereocenters. The summed E-state index contributed by atoms with van der Waals surface area (Å²) >= 11 is 0. The summed E-state index contributed by atoms with van der Waals surface area (Å²) in [7, 11) is -2.47. The average Bonchev–Trinajstić information content (AvgIpc) is 2.97. The van der Waals surface area contributed by atoms with Crippen molar-refractivity contribution in [2.24, 2.45) is 0 Å². The molecule has 0 fully saturated rings. The largest absolute Gasteiger partial charge is 0.494 e. The molecule has 0 spiro atoms. The van der Waals surface area contributed by atoms with Gasteiger partial charge in [-0.05, 0) is 30.3 Å². The smallest absolute Gasteiger partial charge is 0.240 e. The van der Waals surface area contributed by atoms with Crippen molar-refractivity contribution in [3.63, 3.8) is 0 Å². The Labute approximate surface area is 139 Å². The Bertz CT molecular complexity index is 937. The molecule has 8 heteroatoms. The van der Waals surface area contributed by atoms with Crippen LogP contribution in [0.4, 0.5) is 4.39 Å². The summed E-state index contributed by atoms with van der Waals surface area (Å²) in [6, 6.07) is 9.16. The number of halogens is 1. The Balaban J connectivity index is 1.67. The monoisotopic (exact) mass is 349 g/mol. The maximum atomic E-state index is 13.7. The van der Waals surface area contributed by atoms with Crippen LogP contribution in [0.5, 0.6) is 5.75 Å². The number of fused-ring (bicyclic) bond motifs is 1. The number of hydrogen-bond acceptors (Lipinski definition) is 4. The minimum atomic E-state index is -3.79. The number of imidazole rings is 1. The number of hydrogen-bond donors (Lipinski definition) is 1. The number of rotatable bonds is 6. The second-order valence-corrected chi connectivity index (χ2v) is 6.91. The molecule has 0 bridgehead atoms. The van der Waals surface area contributed by atoms with Gasteiger partial charge in [0.25, 0.3) is 0 Å². The molecule has 2 heterocycles. The van der Waals surface area contributed by atoms with Crippen LogP contribution < -0.4 is 9.46 Å². The van der Waals surface area contributed by atoms with E-state index in [1.54, 1.807) is 0 Å². The van der Waals surface area contributed by atoms with Gasteiger partial charge < -0.3 is 9.14 Å². The topological polar surface area (TPSA) is 72.7 Å². The number of aromatic nitrogens is 2. The molecule has 0 aliphatic carbocycles. The van der Waals surface area contributed by atoms with E-state index < -0.39 is 15.8 Å². The van der Waals surface area contributed by atoms with Crippen molar-refractivity contribution in [3.05, 3.63) is 60.3 Å². The maximum Gasteiger partial charge on any atom is 0.240 e. The Morgan fingerprint density at radius 2 is 2.12 bits per heavy atom. The number of sulfonamides is 1. The Kier molecular flexibility index (Phi) is 4.50. The highest BCUT2D eigenvalue weighted by Crippen LogP contribution is 2.20. The lowest BCUT2D eigenvalue weighted by molar-refractivity contribution is 0.385. The highest BCUT2D eigenvalue weighted by atomic mass is 32.2. The number of pyridine rings is 1. The molecule has 0 saturated heterocycles. The molecule has 6 nitrogen and oxygen atoms in total. The van der Waals surface area contributed by atoms with Gasteiger partial charge in [0.2, 0.25) is 10.0 Å². The van der Waals surface area contributed by atoms with E-state index in [4.69, 9.17) is 4.74 Å². The van der Waals surface area contributed by atoms with Crippen molar-refractivity contribution in [3.8, 4) is 5.75 Å². The molecule has 0 amide bonds. The summed E-state index contributed by atoms with van der Waals surface area (Å²) in [6.07, 6.45) is 4.15. The zero-order valence-electron chi connectivity index (χ0n) is 12.9. The Morgan fingerprint density at radius 3 is 2.83 bits per heavy atom. The molecular formula is C16H16FN3O3S. The van der Waals surface area contributed by atoms with Gasteiger partial charge in [0.1, 0.15) is 5.65 Å². The fraction of sp³-hybridized carbons (Fsp3) is 0.188. The maximum absolute atomic E-state index is 13.7. The summed E-state index contributed by atoms with van der Waals surface area (Å²) in [5.74, 6) is -0.723. The molecule has 1 N–H and O–H groups in total. The third-order valence-corrected chi connectivity index (χ3v) is 4.98. The molecule has 3 rings (SSSR count). The van der Waals surface area contributed by atoms with E-state index in [1.807, 2.05) is 35.0 Å². The van der Waals surface area contributed by atoms with Crippen LogP contribution in [0, 0.1) is 5.82 Å². The van der Waals surface area contributed by atoms with Gasteiger partial charge in [-0.15, -0.1) is 0 Å². The molecular weight excluding hydrogens is 333 g/mol. The summed E-state index contributed by atoms with van der Waals surface area (Å²) < 4.78 is 47.2. The van der Waals surface area contributed by atoms with Gasteiger partial charge in [0.15, 0.2) is 11.6 Å². The average molecular weight is 349 g/mol. The fourth-order valence-corrected chi connectivity index (χ4v) is 3.36. The van der Waals surface area contributed by atoms with E-state index in [-0.39, 0.29) is 17.2 Å². The first-order chi connectivity index (χ1) is 11.5. The molecule has 2 aromatic heterocycles. The molecule has 0 unspecified atom stereocenters. The van der Waals surface area contributed by atoms with Crippen molar-refractivity contribution >= 4 is 15.7 Å². The first-order valence-corrected chi connectivity index (χ1v) is 8.74. The quantitative estimate of drug-likeness (QED) is 0.739. The zero-order valence-corrected chi connectivity index (χ0v) is 13.8. The minimum Gasteiger partial charge on any atom is -0.494 e. The van der Waals surface area contributed by atoms with E-state index in [9.17, 15) is 12.8 Å². The second-order valence-electron chi connectivity index (χ2n) is 5.14. The van der Waals surface area contributed by atoms with Crippen LogP contribution in [-0.2, 0) is 16.4 Å². The number of nitrogens with one attached hydrogen (secondary N) is 1. The molecule has 126 valence electrons. The Morgan fingerprint density at radius 1 is 1.29 bits per heavy atom. The third-order valence-electron chi connectivity index (χ3n) is 3.52. The van der Waals surface area contributed by atoms with Crippen LogP contribution in [-0.4, -0.2) is 31.5 Å². The number of methoxy groups -OCH3 is 1. The summed E-state index contributed by atoms with van der Waals surface area (Å²) in [6.45, 7) is 0.167. The molecule has 0 aliphatic heterocycles. The first-order valence-electron chi connectivity index (χ1n) is 7.25. The highest BCUT2D eigenvalue weighted by Gasteiger charge is 2.16. The van der Waals surface area contributed by atoms with Gasteiger partial charge in [0.05, 0.1) is 17.7 Å². The predicted octanol–water partition coefficient (Wildman–Crippen LogP) is 2.00. The van der Waals surface area contributed by atoms with Gasteiger partial charge in [0, 0.05) is 25.4 Å². The Hall–Kier alpha value is -2.45. The van der Waals surface area contributed by atoms with Crippen molar-refractivity contribution in [1.82, 2.24) is 14.1 Å².